The fourth-order valence-electron chi connectivity index (χ4n) is 0.494. The SMILES string of the molecule is O=C(CSS)OCCCCO. The number of esters is 1. The second-order valence-electron chi connectivity index (χ2n) is 1.92. The van der Waals surface area contributed by atoms with Gasteiger partial charge in [0.25, 0.3) is 0 Å². The third-order valence-corrected chi connectivity index (χ3v) is 1.75. The Bertz CT molecular complexity index is 108. The summed E-state index contributed by atoms with van der Waals surface area (Å²) in [6.45, 7) is 0.548. The minimum absolute atomic E-state index is 0.152. The first-order valence-electron chi connectivity index (χ1n) is 3.34. The lowest BCUT2D eigenvalue weighted by molar-refractivity contribution is -0.140. The number of hydrogen-bond donors (Lipinski definition) is 2. The van der Waals surface area contributed by atoms with E-state index in [1.807, 2.05) is 0 Å². The first kappa shape index (κ1) is 11.1. The number of aliphatic hydroxyl groups is 1. The summed E-state index contributed by atoms with van der Waals surface area (Å²) in [4.78, 5) is 10.7. The third kappa shape index (κ3) is 8.03. The molecule has 0 aliphatic carbocycles. The van der Waals surface area contributed by atoms with Gasteiger partial charge in [-0.2, -0.15) is 0 Å². The molecule has 1 N–H and O–H groups in total. The maximum atomic E-state index is 10.7. The predicted octanol–water partition coefficient (Wildman–Crippen LogP) is 0.880. The Kier molecular flexibility index (Phi) is 8.33. The highest BCUT2D eigenvalue weighted by Gasteiger charge is 1.99. The van der Waals surface area contributed by atoms with Gasteiger partial charge in [-0.05, 0) is 12.8 Å². The first-order valence-corrected chi connectivity index (χ1v) is 5.38. The van der Waals surface area contributed by atoms with Crippen molar-refractivity contribution in [2.24, 2.45) is 0 Å². The molecule has 5 heteroatoms. The molecule has 0 aromatic rings. The fraction of sp³-hybridized carbons (Fsp3) is 0.833. The van der Waals surface area contributed by atoms with Crippen molar-refractivity contribution >= 4 is 28.4 Å². The minimum Gasteiger partial charge on any atom is -0.465 e. The van der Waals surface area contributed by atoms with E-state index in [9.17, 15) is 4.79 Å². The first-order chi connectivity index (χ1) is 5.31. The lowest BCUT2D eigenvalue weighted by Gasteiger charge is -2.01. The molecule has 0 aliphatic heterocycles. The van der Waals surface area contributed by atoms with Crippen LogP contribution < -0.4 is 0 Å². The molecule has 3 nitrogen and oxygen atoms in total. The smallest absolute Gasteiger partial charge is 0.316 e. The molecule has 0 radical (unpaired) electrons. The van der Waals surface area contributed by atoms with Crippen molar-refractivity contribution < 1.29 is 14.6 Å². The number of unbranched alkanes of at least 4 members (excludes halogenated alkanes) is 1. The lowest BCUT2D eigenvalue weighted by atomic mass is 10.3. The van der Waals surface area contributed by atoms with Crippen LogP contribution in [0.15, 0.2) is 0 Å². The van der Waals surface area contributed by atoms with Crippen molar-refractivity contribution in [2.45, 2.75) is 12.8 Å². The molecule has 0 saturated carbocycles. The molecule has 0 aromatic heterocycles. The van der Waals surface area contributed by atoms with E-state index in [1.54, 1.807) is 0 Å². The Balaban J connectivity index is 3.04. The molecule has 0 amide bonds. The van der Waals surface area contributed by atoms with Crippen molar-refractivity contribution in [3.8, 4) is 0 Å². The molecule has 0 heterocycles. The number of ether oxygens (including phenoxy) is 1. The van der Waals surface area contributed by atoms with E-state index in [0.717, 1.165) is 17.2 Å². The van der Waals surface area contributed by atoms with Gasteiger partial charge in [0.2, 0.25) is 0 Å². The summed E-state index contributed by atoms with van der Waals surface area (Å²) in [7, 11) is 1.14. The monoisotopic (exact) mass is 196 g/mol. The quantitative estimate of drug-likeness (QED) is 0.286. The summed E-state index contributed by atoms with van der Waals surface area (Å²) in [5, 5.41) is 8.38. The topological polar surface area (TPSA) is 46.5 Å². The Labute approximate surface area is 75.3 Å². The number of hydrogen-bond acceptors (Lipinski definition) is 5. The molecule has 0 rings (SSSR count). The second kappa shape index (κ2) is 8.23. The maximum Gasteiger partial charge on any atom is 0.316 e. The van der Waals surface area contributed by atoms with Crippen molar-refractivity contribution in [1.82, 2.24) is 0 Å². The number of rotatable bonds is 6. The maximum absolute atomic E-state index is 10.7. The third-order valence-electron chi connectivity index (χ3n) is 0.998. The van der Waals surface area contributed by atoms with Gasteiger partial charge in [-0.15, -0.1) is 11.7 Å². The van der Waals surface area contributed by atoms with Crippen LogP contribution >= 0.6 is 22.5 Å². The normalized spacial score (nSPS) is 9.64. The van der Waals surface area contributed by atoms with Crippen LogP contribution in [0, 0.1) is 0 Å². The van der Waals surface area contributed by atoms with Crippen molar-refractivity contribution in [3.63, 3.8) is 0 Å². The molecule has 0 saturated heterocycles. The van der Waals surface area contributed by atoms with Crippen LogP contribution in [0.25, 0.3) is 0 Å². The van der Waals surface area contributed by atoms with E-state index in [2.05, 4.69) is 11.7 Å². The van der Waals surface area contributed by atoms with Crippen LogP contribution in [0.3, 0.4) is 0 Å². The number of aliphatic hydroxyl groups excluding tert-OH is 1. The Morgan fingerprint density at radius 3 is 2.82 bits per heavy atom. The highest BCUT2D eigenvalue weighted by molar-refractivity contribution is 8.68. The van der Waals surface area contributed by atoms with Crippen LogP contribution in [0.4, 0.5) is 0 Å². The van der Waals surface area contributed by atoms with Gasteiger partial charge < -0.3 is 9.84 Å². The second-order valence-corrected chi connectivity index (χ2v) is 3.25. The lowest BCUT2D eigenvalue weighted by Crippen LogP contribution is -2.07. The number of carbonyl (C=O) groups is 1. The van der Waals surface area contributed by atoms with Gasteiger partial charge in [-0.25, -0.2) is 0 Å². The molecule has 0 aliphatic rings. The van der Waals surface area contributed by atoms with Gasteiger partial charge in [-0.3, -0.25) is 4.79 Å². The fourth-order valence-corrected chi connectivity index (χ4v) is 0.999. The zero-order valence-corrected chi connectivity index (χ0v) is 7.87. The highest BCUT2D eigenvalue weighted by atomic mass is 33.1. The standard InChI is InChI=1S/C6H12O3S2/c7-3-1-2-4-9-6(8)5-11-10/h7,10H,1-5H2. The summed E-state index contributed by atoms with van der Waals surface area (Å²) in [5.41, 5.74) is 0. The van der Waals surface area contributed by atoms with Crippen molar-refractivity contribution in [1.29, 1.82) is 0 Å². The zero-order valence-electron chi connectivity index (χ0n) is 6.15. The van der Waals surface area contributed by atoms with Gasteiger partial charge in [0.1, 0.15) is 5.75 Å². The molecular weight excluding hydrogens is 184 g/mol. The van der Waals surface area contributed by atoms with Crippen LogP contribution in [0.5, 0.6) is 0 Å². The molecule has 0 bridgehead atoms. The predicted molar refractivity (Wildman–Crippen MR) is 48.7 cm³/mol. The van der Waals surface area contributed by atoms with Gasteiger partial charge in [0, 0.05) is 6.61 Å². The summed E-state index contributed by atoms with van der Waals surface area (Å²) in [5.74, 6) is 0.0327. The average Bonchev–Trinajstić information content (AvgIpc) is 1.99. The Morgan fingerprint density at radius 2 is 2.27 bits per heavy atom. The van der Waals surface area contributed by atoms with Crippen molar-refractivity contribution in [2.75, 3.05) is 19.0 Å². The molecule has 0 spiro atoms. The van der Waals surface area contributed by atoms with E-state index in [4.69, 9.17) is 9.84 Å². The van der Waals surface area contributed by atoms with E-state index in [1.165, 1.54) is 0 Å². The van der Waals surface area contributed by atoms with Gasteiger partial charge in [0.05, 0.1) is 6.61 Å². The van der Waals surface area contributed by atoms with Gasteiger partial charge in [-0.1, -0.05) is 10.8 Å². The van der Waals surface area contributed by atoms with Crippen molar-refractivity contribution in [3.05, 3.63) is 0 Å². The Hall–Kier alpha value is 0.130. The number of carbonyl (C=O) groups excluding carboxylic acids is 1. The van der Waals surface area contributed by atoms with Crippen LogP contribution in [0.2, 0.25) is 0 Å². The molecule has 66 valence electrons. The molecule has 0 fully saturated rings. The summed E-state index contributed by atoms with van der Waals surface area (Å²) < 4.78 is 4.76. The molecule has 11 heavy (non-hydrogen) atoms. The van der Waals surface area contributed by atoms with Gasteiger partial charge in [0.15, 0.2) is 0 Å². The largest absolute Gasteiger partial charge is 0.465 e. The molecule has 0 unspecified atom stereocenters. The zero-order chi connectivity index (χ0) is 8.53. The van der Waals surface area contributed by atoms with E-state index < -0.39 is 0 Å². The van der Waals surface area contributed by atoms with Crippen LogP contribution in [-0.4, -0.2) is 30.0 Å². The van der Waals surface area contributed by atoms with Gasteiger partial charge >= 0.3 is 5.97 Å². The molecular formula is C6H12O3S2. The molecule has 0 aromatic carbocycles. The van der Waals surface area contributed by atoms with Crippen LogP contribution in [0.1, 0.15) is 12.8 Å². The highest BCUT2D eigenvalue weighted by Crippen LogP contribution is 2.04. The summed E-state index contributed by atoms with van der Waals surface area (Å²) >= 11 is 3.80. The van der Waals surface area contributed by atoms with E-state index in [-0.39, 0.29) is 18.3 Å². The summed E-state index contributed by atoms with van der Waals surface area (Å²) in [6, 6.07) is 0. The van der Waals surface area contributed by atoms with E-state index >= 15 is 0 Å². The Morgan fingerprint density at radius 1 is 1.55 bits per heavy atom. The average molecular weight is 196 g/mol. The summed E-state index contributed by atoms with van der Waals surface area (Å²) in [6.07, 6.45) is 1.40. The van der Waals surface area contributed by atoms with Crippen LogP contribution in [-0.2, 0) is 9.53 Å². The minimum atomic E-state index is -0.247. The van der Waals surface area contributed by atoms with E-state index in [0.29, 0.717) is 13.0 Å². The number of thiol groups is 1. The molecule has 0 atom stereocenters.